The van der Waals surface area contributed by atoms with Crippen molar-refractivity contribution in [3.63, 3.8) is 0 Å². The van der Waals surface area contributed by atoms with Crippen LogP contribution in [-0.4, -0.2) is 60.4 Å². The standard InChI is InChI=1S/C11H19NO5/c1-11(2)16-8-4-7(6-13)12(10(14)15-3)5-9(8)17-11/h7-9,13H,4-6H2,1-3H3/t7-,8-,9+/m0/s1. The highest BCUT2D eigenvalue weighted by Gasteiger charge is 2.48. The highest BCUT2D eigenvalue weighted by molar-refractivity contribution is 5.68. The Morgan fingerprint density at radius 3 is 2.71 bits per heavy atom. The molecule has 0 spiro atoms. The van der Waals surface area contributed by atoms with Crippen LogP contribution in [0.15, 0.2) is 0 Å². The Kier molecular flexibility index (Phi) is 3.29. The summed E-state index contributed by atoms with van der Waals surface area (Å²) in [7, 11) is 1.33. The van der Waals surface area contributed by atoms with Crippen molar-refractivity contribution in [1.29, 1.82) is 0 Å². The minimum Gasteiger partial charge on any atom is -0.453 e. The number of carbonyl (C=O) groups is 1. The number of nitrogens with zero attached hydrogens (tertiary/aromatic N) is 1. The predicted octanol–water partition coefficient (Wildman–Crippen LogP) is 0.339. The summed E-state index contributed by atoms with van der Waals surface area (Å²) in [6.07, 6.45) is -0.0783. The van der Waals surface area contributed by atoms with Crippen LogP contribution in [0.1, 0.15) is 20.3 Å². The average Bonchev–Trinajstić information content (AvgIpc) is 2.59. The molecule has 0 unspecified atom stereocenters. The van der Waals surface area contributed by atoms with Crippen molar-refractivity contribution in [2.45, 2.75) is 44.3 Å². The van der Waals surface area contributed by atoms with Crippen LogP contribution in [0.4, 0.5) is 4.79 Å². The number of likely N-dealkylation sites (tertiary alicyclic amines) is 1. The summed E-state index contributed by atoms with van der Waals surface area (Å²) in [6.45, 7) is 4.00. The van der Waals surface area contributed by atoms with Crippen molar-refractivity contribution >= 4 is 6.09 Å². The first-order chi connectivity index (χ1) is 7.96. The quantitative estimate of drug-likeness (QED) is 0.721. The molecule has 0 aromatic rings. The van der Waals surface area contributed by atoms with E-state index in [1.54, 1.807) is 0 Å². The summed E-state index contributed by atoms with van der Waals surface area (Å²) >= 11 is 0. The van der Waals surface area contributed by atoms with Gasteiger partial charge in [-0.2, -0.15) is 0 Å². The van der Waals surface area contributed by atoms with Crippen molar-refractivity contribution in [3.8, 4) is 0 Å². The zero-order valence-corrected chi connectivity index (χ0v) is 10.4. The number of aliphatic hydroxyl groups excluding tert-OH is 1. The van der Waals surface area contributed by atoms with E-state index in [1.807, 2.05) is 13.8 Å². The van der Waals surface area contributed by atoms with Gasteiger partial charge in [0.25, 0.3) is 0 Å². The summed E-state index contributed by atoms with van der Waals surface area (Å²) in [5, 5.41) is 9.31. The minimum atomic E-state index is -0.624. The van der Waals surface area contributed by atoms with Gasteiger partial charge >= 0.3 is 6.09 Å². The van der Waals surface area contributed by atoms with E-state index in [4.69, 9.17) is 14.2 Å². The van der Waals surface area contributed by atoms with Gasteiger partial charge in [0, 0.05) is 0 Å². The Morgan fingerprint density at radius 2 is 2.12 bits per heavy atom. The molecule has 0 saturated carbocycles. The molecule has 6 heteroatoms. The third-order valence-electron chi connectivity index (χ3n) is 3.23. The molecule has 2 aliphatic rings. The van der Waals surface area contributed by atoms with E-state index in [-0.39, 0.29) is 24.9 Å². The number of aliphatic hydroxyl groups is 1. The van der Waals surface area contributed by atoms with Crippen LogP contribution in [0.2, 0.25) is 0 Å². The van der Waals surface area contributed by atoms with Gasteiger partial charge in [-0.3, -0.25) is 0 Å². The van der Waals surface area contributed by atoms with Crippen molar-refractivity contribution in [2.75, 3.05) is 20.3 Å². The van der Waals surface area contributed by atoms with Crippen molar-refractivity contribution < 1.29 is 24.1 Å². The molecule has 2 heterocycles. The van der Waals surface area contributed by atoms with Crippen LogP contribution in [0.25, 0.3) is 0 Å². The van der Waals surface area contributed by atoms with E-state index >= 15 is 0 Å². The first-order valence-electron chi connectivity index (χ1n) is 5.78. The zero-order chi connectivity index (χ0) is 12.6. The maximum atomic E-state index is 11.6. The molecule has 98 valence electrons. The first kappa shape index (κ1) is 12.6. The van der Waals surface area contributed by atoms with Crippen molar-refractivity contribution in [3.05, 3.63) is 0 Å². The topological polar surface area (TPSA) is 68.2 Å². The normalized spacial score (nSPS) is 35.5. The average molecular weight is 245 g/mol. The van der Waals surface area contributed by atoms with Crippen LogP contribution in [0, 0.1) is 0 Å². The van der Waals surface area contributed by atoms with Crippen molar-refractivity contribution in [2.24, 2.45) is 0 Å². The number of ether oxygens (including phenoxy) is 3. The molecule has 1 amide bonds. The number of rotatable bonds is 1. The van der Waals surface area contributed by atoms with Crippen LogP contribution >= 0.6 is 0 Å². The van der Waals surface area contributed by atoms with E-state index in [1.165, 1.54) is 12.0 Å². The Balaban J connectivity index is 2.10. The molecule has 3 atom stereocenters. The maximum absolute atomic E-state index is 11.6. The minimum absolute atomic E-state index is 0.0666. The number of fused-ring (bicyclic) bond motifs is 1. The van der Waals surface area contributed by atoms with Gasteiger partial charge < -0.3 is 24.2 Å². The van der Waals surface area contributed by atoms with E-state index in [2.05, 4.69) is 0 Å². The Labute approximate surface area is 100 Å². The predicted molar refractivity (Wildman–Crippen MR) is 58.4 cm³/mol. The Morgan fingerprint density at radius 1 is 1.47 bits per heavy atom. The molecule has 2 rings (SSSR count). The first-order valence-corrected chi connectivity index (χ1v) is 5.78. The highest BCUT2D eigenvalue weighted by Crippen LogP contribution is 2.35. The summed E-state index contributed by atoms with van der Waals surface area (Å²) in [4.78, 5) is 13.1. The van der Waals surface area contributed by atoms with Gasteiger partial charge in [0.1, 0.15) is 6.10 Å². The number of methoxy groups -OCH3 is 1. The third-order valence-corrected chi connectivity index (χ3v) is 3.23. The maximum Gasteiger partial charge on any atom is 0.409 e. The summed E-state index contributed by atoms with van der Waals surface area (Å²) in [6, 6.07) is -0.263. The van der Waals surface area contributed by atoms with Gasteiger partial charge in [-0.05, 0) is 20.3 Å². The van der Waals surface area contributed by atoms with Crippen LogP contribution in [0.5, 0.6) is 0 Å². The zero-order valence-electron chi connectivity index (χ0n) is 10.4. The fourth-order valence-corrected chi connectivity index (χ4v) is 2.52. The lowest BCUT2D eigenvalue weighted by Crippen LogP contribution is -2.54. The van der Waals surface area contributed by atoms with Gasteiger partial charge in [0.2, 0.25) is 0 Å². The number of hydrogen-bond acceptors (Lipinski definition) is 5. The second-order valence-corrected chi connectivity index (χ2v) is 4.91. The molecule has 6 nitrogen and oxygen atoms in total. The highest BCUT2D eigenvalue weighted by atomic mass is 16.8. The van der Waals surface area contributed by atoms with Crippen LogP contribution in [-0.2, 0) is 14.2 Å². The molecule has 2 saturated heterocycles. The molecule has 0 radical (unpaired) electrons. The molecule has 0 bridgehead atoms. The monoisotopic (exact) mass is 245 g/mol. The SMILES string of the molecule is COC(=O)N1C[C@H]2OC(C)(C)O[C@H]2C[C@H]1CO. The molecule has 0 aliphatic carbocycles. The van der Waals surface area contributed by atoms with Crippen molar-refractivity contribution in [1.82, 2.24) is 4.90 Å². The molecular formula is C11H19NO5. The number of hydrogen-bond donors (Lipinski definition) is 1. The number of amides is 1. The lowest BCUT2D eigenvalue weighted by Gasteiger charge is -2.38. The summed E-state index contributed by atoms with van der Waals surface area (Å²) in [5.74, 6) is -0.624. The molecule has 0 aromatic carbocycles. The third kappa shape index (κ3) is 2.38. The van der Waals surface area contributed by atoms with E-state index in [0.29, 0.717) is 13.0 Å². The van der Waals surface area contributed by atoms with E-state index < -0.39 is 11.9 Å². The lowest BCUT2D eigenvalue weighted by molar-refractivity contribution is -0.145. The second kappa shape index (κ2) is 4.44. The fourth-order valence-electron chi connectivity index (χ4n) is 2.52. The molecule has 0 aromatic heterocycles. The molecule has 2 aliphatic heterocycles. The Bertz CT molecular complexity index is 306. The lowest BCUT2D eigenvalue weighted by atomic mass is 9.98. The summed E-state index contributed by atoms with van der Waals surface area (Å²) in [5.41, 5.74) is 0. The second-order valence-electron chi connectivity index (χ2n) is 4.91. The van der Waals surface area contributed by atoms with Gasteiger partial charge in [0.05, 0.1) is 32.4 Å². The summed E-state index contributed by atoms with van der Waals surface area (Å²) < 4.78 is 16.2. The fraction of sp³-hybridized carbons (Fsp3) is 0.909. The molecule has 2 fully saturated rings. The van der Waals surface area contributed by atoms with Gasteiger partial charge in [-0.15, -0.1) is 0 Å². The smallest absolute Gasteiger partial charge is 0.409 e. The van der Waals surface area contributed by atoms with Crippen LogP contribution in [0.3, 0.4) is 0 Å². The van der Waals surface area contributed by atoms with E-state index in [0.717, 1.165) is 0 Å². The number of carbonyl (C=O) groups excluding carboxylic acids is 1. The van der Waals surface area contributed by atoms with Gasteiger partial charge in [-0.25, -0.2) is 4.79 Å². The van der Waals surface area contributed by atoms with Gasteiger partial charge in [-0.1, -0.05) is 0 Å². The Hall–Kier alpha value is -0.850. The van der Waals surface area contributed by atoms with Crippen LogP contribution < -0.4 is 0 Å². The largest absolute Gasteiger partial charge is 0.453 e. The molecular weight excluding hydrogens is 226 g/mol. The number of piperidine rings is 1. The van der Waals surface area contributed by atoms with E-state index in [9.17, 15) is 9.90 Å². The molecule has 17 heavy (non-hydrogen) atoms. The van der Waals surface area contributed by atoms with Gasteiger partial charge in [0.15, 0.2) is 5.79 Å². The molecule has 1 N–H and O–H groups in total.